The van der Waals surface area contributed by atoms with Gasteiger partial charge < -0.3 is 5.32 Å². The van der Waals surface area contributed by atoms with E-state index in [1.807, 2.05) is 26.0 Å². The van der Waals surface area contributed by atoms with Crippen LogP contribution < -0.4 is 5.32 Å². The smallest absolute Gasteiger partial charge is 0.227 e. The number of carbonyl (C=O) groups is 1. The van der Waals surface area contributed by atoms with E-state index in [1.165, 1.54) is 11.1 Å². The largest absolute Gasteiger partial charge is 0.326 e. The second kappa shape index (κ2) is 3.69. The first-order valence-electron chi connectivity index (χ1n) is 5.45. The van der Waals surface area contributed by atoms with E-state index < -0.39 is 0 Å². The summed E-state index contributed by atoms with van der Waals surface area (Å²) in [5, 5.41) is 2.98. The molecule has 1 amide bonds. The summed E-state index contributed by atoms with van der Waals surface area (Å²) >= 11 is 0. The SMILES string of the molecule is Cc1cc(C)cc(NC(=O)[C@H]2C[C@H]2C)c1. The molecule has 2 atom stereocenters. The molecule has 0 aromatic heterocycles. The maximum Gasteiger partial charge on any atom is 0.227 e. The van der Waals surface area contributed by atoms with Crippen LogP contribution >= 0.6 is 0 Å². The maximum atomic E-state index is 11.7. The van der Waals surface area contributed by atoms with E-state index in [2.05, 4.69) is 18.3 Å². The molecule has 0 aliphatic heterocycles. The number of nitrogens with one attached hydrogen (secondary N) is 1. The molecule has 1 aromatic rings. The molecule has 2 nitrogen and oxygen atoms in total. The first kappa shape index (κ1) is 10.2. The Labute approximate surface area is 90.7 Å². The first-order valence-corrected chi connectivity index (χ1v) is 5.45. The fourth-order valence-electron chi connectivity index (χ4n) is 1.97. The van der Waals surface area contributed by atoms with E-state index in [1.54, 1.807) is 0 Å². The number of anilines is 1. The van der Waals surface area contributed by atoms with Crippen LogP contribution in [0, 0.1) is 25.7 Å². The zero-order valence-electron chi connectivity index (χ0n) is 9.50. The van der Waals surface area contributed by atoms with Crippen molar-refractivity contribution in [1.29, 1.82) is 0 Å². The fourth-order valence-corrected chi connectivity index (χ4v) is 1.97. The van der Waals surface area contributed by atoms with Crippen LogP contribution in [0.4, 0.5) is 5.69 Å². The molecule has 1 saturated carbocycles. The Morgan fingerprint density at radius 1 is 1.27 bits per heavy atom. The van der Waals surface area contributed by atoms with Crippen molar-refractivity contribution in [2.24, 2.45) is 11.8 Å². The molecule has 0 bridgehead atoms. The van der Waals surface area contributed by atoms with Crippen molar-refractivity contribution in [3.8, 4) is 0 Å². The Kier molecular flexibility index (Phi) is 2.51. The lowest BCUT2D eigenvalue weighted by atomic mass is 10.1. The standard InChI is InChI=1S/C13H17NO/c1-8-4-9(2)6-11(5-8)14-13(15)12-7-10(12)3/h4-6,10,12H,7H2,1-3H3,(H,14,15)/t10-,12+/m1/s1. The molecule has 0 unspecified atom stereocenters. The topological polar surface area (TPSA) is 29.1 Å². The van der Waals surface area contributed by atoms with Gasteiger partial charge in [0.2, 0.25) is 5.91 Å². The lowest BCUT2D eigenvalue weighted by Crippen LogP contribution is -2.14. The van der Waals surface area contributed by atoms with Crippen LogP contribution in [0.15, 0.2) is 18.2 Å². The summed E-state index contributed by atoms with van der Waals surface area (Å²) in [6.07, 6.45) is 1.04. The number of amides is 1. The van der Waals surface area contributed by atoms with E-state index >= 15 is 0 Å². The third-order valence-electron chi connectivity index (χ3n) is 2.94. The van der Waals surface area contributed by atoms with Gasteiger partial charge in [-0.05, 0) is 49.4 Å². The highest BCUT2D eigenvalue weighted by atomic mass is 16.2. The van der Waals surface area contributed by atoms with E-state index in [9.17, 15) is 4.79 Å². The zero-order valence-corrected chi connectivity index (χ0v) is 9.50. The van der Waals surface area contributed by atoms with Crippen LogP contribution in [-0.4, -0.2) is 5.91 Å². The molecule has 15 heavy (non-hydrogen) atoms. The second-order valence-electron chi connectivity index (χ2n) is 4.69. The van der Waals surface area contributed by atoms with E-state index in [4.69, 9.17) is 0 Å². The highest BCUT2D eigenvalue weighted by Gasteiger charge is 2.38. The Bertz CT molecular complexity index is 377. The minimum Gasteiger partial charge on any atom is -0.326 e. The van der Waals surface area contributed by atoms with E-state index in [-0.39, 0.29) is 11.8 Å². The summed E-state index contributed by atoms with van der Waals surface area (Å²) in [6, 6.07) is 6.13. The van der Waals surface area contributed by atoms with Crippen molar-refractivity contribution in [2.45, 2.75) is 27.2 Å². The molecule has 80 valence electrons. The molecule has 1 fully saturated rings. The van der Waals surface area contributed by atoms with Crippen LogP contribution in [0.1, 0.15) is 24.5 Å². The molecular formula is C13H17NO. The molecule has 1 aliphatic rings. The van der Waals surface area contributed by atoms with Crippen LogP contribution in [0.3, 0.4) is 0 Å². The Hall–Kier alpha value is -1.31. The highest BCUT2D eigenvalue weighted by molar-refractivity contribution is 5.94. The molecule has 1 aromatic carbocycles. The summed E-state index contributed by atoms with van der Waals surface area (Å²) in [5.74, 6) is 0.981. The van der Waals surface area contributed by atoms with Gasteiger partial charge in [0.1, 0.15) is 0 Å². The normalized spacial score (nSPS) is 23.7. The van der Waals surface area contributed by atoms with Gasteiger partial charge in [-0.1, -0.05) is 13.0 Å². The van der Waals surface area contributed by atoms with Crippen LogP contribution in [0.2, 0.25) is 0 Å². The molecule has 0 heterocycles. The molecular weight excluding hydrogens is 186 g/mol. The minimum absolute atomic E-state index is 0.174. The average Bonchev–Trinajstić information content (AvgIpc) is 2.80. The van der Waals surface area contributed by atoms with Gasteiger partial charge in [0.05, 0.1) is 0 Å². The van der Waals surface area contributed by atoms with Gasteiger partial charge in [-0.2, -0.15) is 0 Å². The van der Waals surface area contributed by atoms with Crippen molar-refractivity contribution in [1.82, 2.24) is 0 Å². The van der Waals surface area contributed by atoms with Crippen molar-refractivity contribution in [2.75, 3.05) is 5.32 Å². The number of hydrogen-bond donors (Lipinski definition) is 1. The first-order chi connectivity index (χ1) is 7.06. The van der Waals surface area contributed by atoms with Crippen molar-refractivity contribution >= 4 is 11.6 Å². The van der Waals surface area contributed by atoms with Gasteiger partial charge in [-0.3, -0.25) is 4.79 Å². The quantitative estimate of drug-likeness (QED) is 0.786. The van der Waals surface area contributed by atoms with Crippen molar-refractivity contribution in [3.05, 3.63) is 29.3 Å². The molecule has 1 N–H and O–H groups in total. The zero-order chi connectivity index (χ0) is 11.0. The van der Waals surface area contributed by atoms with Crippen LogP contribution in [-0.2, 0) is 4.79 Å². The third-order valence-corrected chi connectivity index (χ3v) is 2.94. The highest BCUT2D eigenvalue weighted by Crippen LogP contribution is 2.38. The van der Waals surface area contributed by atoms with Gasteiger partial charge in [0.15, 0.2) is 0 Å². The van der Waals surface area contributed by atoms with Gasteiger partial charge in [-0.15, -0.1) is 0 Å². The monoisotopic (exact) mass is 203 g/mol. The summed E-state index contributed by atoms with van der Waals surface area (Å²) in [4.78, 5) is 11.7. The minimum atomic E-state index is 0.174. The number of hydrogen-bond acceptors (Lipinski definition) is 1. The molecule has 0 spiro atoms. The van der Waals surface area contributed by atoms with Gasteiger partial charge in [0, 0.05) is 11.6 Å². The molecule has 0 saturated heterocycles. The van der Waals surface area contributed by atoms with Crippen molar-refractivity contribution < 1.29 is 4.79 Å². The number of aryl methyl sites for hydroxylation is 2. The lowest BCUT2D eigenvalue weighted by molar-refractivity contribution is -0.117. The summed E-state index contributed by atoms with van der Waals surface area (Å²) in [6.45, 7) is 6.20. The predicted octanol–water partition coefficient (Wildman–Crippen LogP) is 2.90. The van der Waals surface area contributed by atoms with E-state index in [0.29, 0.717) is 5.92 Å². The predicted molar refractivity (Wildman–Crippen MR) is 61.8 cm³/mol. The summed E-state index contributed by atoms with van der Waals surface area (Å²) < 4.78 is 0. The number of rotatable bonds is 2. The maximum absolute atomic E-state index is 11.7. The van der Waals surface area contributed by atoms with Crippen molar-refractivity contribution in [3.63, 3.8) is 0 Å². The number of carbonyl (C=O) groups excluding carboxylic acids is 1. The van der Waals surface area contributed by atoms with Crippen LogP contribution in [0.25, 0.3) is 0 Å². The second-order valence-corrected chi connectivity index (χ2v) is 4.69. The fraction of sp³-hybridized carbons (Fsp3) is 0.462. The lowest BCUT2D eigenvalue weighted by Gasteiger charge is -2.06. The number of benzene rings is 1. The summed E-state index contributed by atoms with van der Waals surface area (Å²) in [5.41, 5.74) is 3.31. The van der Waals surface area contributed by atoms with E-state index in [0.717, 1.165) is 12.1 Å². The average molecular weight is 203 g/mol. The van der Waals surface area contributed by atoms with Gasteiger partial charge in [0.25, 0.3) is 0 Å². The summed E-state index contributed by atoms with van der Waals surface area (Å²) in [7, 11) is 0. The molecule has 2 rings (SSSR count). The van der Waals surface area contributed by atoms with Crippen LogP contribution in [0.5, 0.6) is 0 Å². The van der Waals surface area contributed by atoms with Gasteiger partial charge >= 0.3 is 0 Å². The third kappa shape index (κ3) is 2.38. The Morgan fingerprint density at radius 2 is 1.80 bits per heavy atom. The Balaban J connectivity index is 2.07. The molecule has 0 radical (unpaired) electrons. The molecule has 1 aliphatic carbocycles. The van der Waals surface area contributed by atoms with Gasteiger partial charge in [-0.25, -0.2) is 0 Å². The Morgan fingerprint density at radius 3 is 2.27 bits per heavy atom. The molecule has 2 heteroatoms.